The number of piperazine rings is 1. The van der Waals surface area contributed by atoms with Gasteiger partial charge in [0.25, 0.3) is 0 Å². The monoisotopic (exact) mass is 295 g/mol. The van der Waals surface area contributed by atoms with Crippen molar-refractivity contribution in [2.24, 2.45) is 0 Å². The molecule has 1 saturated heterocycles. The summed E-state index contributed by atoms with van der Waals surface area (Å²) < 4.78 is 0. The molecule has 1 amide bonds. The first-order valence-corrected chi connectivity index (χ1v) is 7.49. The van der Waals surface area contributed by atoms with Crippen molar-refractivity contribution in [2.45, 2.75) is 20.4 Å². The molecule has 0 saturated carbocycles. The lowest BCUT2D eigenvalue weighted by atomic mass is 10.1. The predicted octanol–water partition coefficient (Wildman–Crippen LogP) is 2.12. The van der Waals surface area contributed by atoms with Crippen molar-refractivity contribution in [3.63, 3.8) is 0 Å². The molecule has 2 rings (SSSR count). The van der Waals surface area contributed by atoms with Gasteiger partial charge in [-0.2, -0.15) is 0 Å². The summed E-state index contributed by atoms with van der Waals surface area (Å²) in [7, 11) is 0. The van der Waals surface area contributed by atoms with Gasteiger partial charge < -0.3 is 15.1 Å². The molecular formula is C15H22ClN3O. The lowest BCUT2D eigenvalue weighted by molar-refractivity contribution is -0.129. The number of nitrogens with one attached hydrogen (secondary N) is 1. The first kappa shape index (κ1) is 15.1. The highest BCUT2D eigenvalue weighted by atomic mass is 35.5. The number of para-hydroxylation sites is 1. The quantitative estimate of drug-likeness (QED) is 0.924. The molecule has 110 valence electrons. The standard InChI is InChI=1S/C15H22ClN3O/c1-3-17-11-13-5-4-6-14(16)15(13)19-9-7-18(8-10-19)12(2)20/h4-6,17H,3,7-11H2,1-2H3. The molecule has 1 aromatic carbocycles. The Morgan fingerprint density at radius 3 is 2.60 bits per heavy atom. The third-order valence-corrected chi connectivity index (χ3v) is 3.98. The Kier molecular flexibility index (Phi) is 5.26. The molecule has 4 nitrogen and oxygen atoms in total. The minimum Gasteiger partial charge on any atom is -0.367 e. The van der Waals surface area contributed by atoms with Crippen LogP contribution >= 0.6 is 11.6 Å². The Bertz CT molecular complexity index is 470. The molecule has 1 fully saturated rings. The zero-order valence-corrected chi connectivity index (χ0v) is 12.9. The molecular weight excluding hydrogens is 274 g/mol. The lowest BCUT2D eigenvalue weighted by Crippen LogP contribution is -2.48. The first-order valence-electron chi connectivity index (χ1n) is 7.12. The SMILES string of the molecule is CCNCc1cccc(Cl)c1N1CCN(C(C)=O)CC1. The van der Waals surface area contributed by atoms with Crippen LogP contribution < -0.4 is 10.2 Å². The van der Waals surface area contributed by atoms with Crippen LogP contribution in [0.15, 0.2) is 18.2 Å². The second-order valence-corrected chi connectivity index (χ2v) is 5.43. The number of anilines is 1. The topological polar surface area (TPSA) is 35.6 Å². The number of rotatable bonds is 4. The van der Waals surface area contributed by atoms with Gasteiger partial charge in [0.05, 0.1) is 10.7 Å². The van der Waals surface area contributed by atoms with Gasteiger partial charge in [-0.25, -0.2) is 0 Å². The summed E-state index contributed by atoms with van der Waals surface area (Å²) in [6.07, 6.45) is 0. The third-order valence-electron chi connectivity index (χ3n) is 3.68. The summed E-state index contributed by atoms with van der Waals surface area (Å²) in [4.78, 5) is 15.6. The van der Waals surface area contributed by atoms with E-state index in [1.54, 1.807) is 6.92 Å². The molecule has 5 heteroatoms. The van der Waals surface area contributed by atoms with Gasteiger partial charge in [-0.1, -0.05) is 30.7 Å². The van der Waals surface area contributed by atoms with Gasteiger partial charge in [0.15, 0.2) is 0 Å². The number of nitrogens with zero attached hydrogens (tertiary/aromatic N) is 2. The number of carbonyl (C=O) groups excluding carboxylic acids is 1. The molecule has 20 heavy (non-hydrogen) atoms. The second-order valence-electron chi connectivity index (χ2n) is 5.02. The molecule has 0 unspecified atom stereocenters. The summed E-state index contributed by atoms with van der Waals surface area (Å²) in [5, 5.41) is 4.14. The van der Waals surface area contributed by atoms with Gasteiger partial charge in [0.1, 0.15) is 0 Å². The minimum atomic E-state index is 0.150. The smallest absolute Gasteiger partial charge is 0.219 e. The van der Waals surface area contributed by atoms with Gasteiger partial charge in [0, 0.05) is 39.6 Å². The minimum absolute atomic E-state index is 0.150. The Labute approximate surface area is 125 Å². The maximum Gasteiger partial charge on any atom is 0.219 e. The molecule has 1 aliphatic rings. The van der Waals surface area contributed by atoms with Gasteiger partial charge in [-0.3, -0.25) is 4.79 Å². The number of carbonyl (C=O) groups is 1. The van der Waals surface area contributed by atoms with E-state index in [4.69, 9.17) is 11.6 Å². The Morgan fingerprint density at radius 1 is 1.30 bits per heavy atom. The zero-order valence-electron chi connectivity index (χ0n) is 12.2. The van der Waals surface area contributed by atoms with Crippen LogP contribution in [0.1, 0.15) is 19.4 Å². The molecule has 0 aromatic heterocycles. The largest absolute Gasteiger partial charge is 0.367 e. The average molecular weight is 296 g/mol. The van der Waals surface area contributed by atoms with Gasteiger partial charge in [-0.05, 0) is 18.2 Å². The molecule has 0 bridgehead atoms. The second kappa shape index (κ2) is 6.95. The molecule has 1 heterocycles. The van der Waals surface area contributed by atoms with E-state index < -0.39 is 0 Å². The van der Waals surface area contributed by atoms with Crippen LogP contribution in [0.4, 0.5) is 5.69 Å². The summed E-state index contributed by atoms with van der Waals surface area (Å²) in [6.45, 7) is 8.67. The van der Waals surface area contributed by atoms with Crippen molar-refractivity contribution in [3.05, 3.63) is 28.8 Å². The van der Waals surface area contributed by atoms with E-state index in [0.29, 0.717) is 0 Å². The molecule has 0 spiro atoms. The predicted molar refractivity (Wildman–Crippen MR) is 83.3 cm³/mol. The third kappa shape index (κ3) is 3.44. The number of hydrogen-bond donors (Lipinski definition) is 1. The van der Waals surface area contributed by atoms with Crippen LogP contribution in [0.2, 0.25) is 5.02 Å². The average Bonchev–Trinajstić information content (AvgIpc) is 2.45. The van der Waals surface area contributed by atoms with E-state index in [-0.39, 0.29) is 5.91 Å². The fourth-order valence-electron chi connectivity index (χ4n) is 2.56. The number of amides is 1. The fraction of sp³-hybridized carbons (Fsp3) is 0.533. The van der Waals surface area contributed by atoms with Crippen molar-refractivity contribution in [3.8, 4) is 0 Å². The Hall–Kier alpha value is -1.26. The molecule has 0 aliphatic carbocycles. The summed E-state index contributed by atoms with van der Waals surface area (Å²) in [5.41, 5.74) is 2.33. The van der Waals surface area contributed by atoms with Crippen molar-refractivity contribution in [1.29, 1.82) is 0 Å². The first-order chi connectivity index (χ1) is 9.63. The maximum absolute atomic E-state index is 11.4. The Balaban J connectivity index is 2.14. The molecule has 1 N–H and O–H groups in total. The van der Waals surface area contributed by atoms with Crippen molar-refractivity contribution in [1.82, 2.24) is 10.2 Å². The normalized spacial score (nSPS) is 15.6. The van der Waals surface area contributed by atoms with Crippen molar-refractivity contribution >= 4 is 23.2 Å². The molecule has 1 aromatic rings. The highest BCUT2D eigenvalue weighted by molar-refractivity contribution is 6.33. The van der Waals surface area contributed by atoms with E-state index in [9.17, 15) is 4.79 Å². The van der Waals surface area contributed by atoms with Gasteiger partial charge >= 0.3 is 0 Å². The number of hydrogen-bond acceptors (Lipinski definition) is 3. The summed E-state index contributed by atoms with van der Waals surface area (Å²) >= 11 is 6.39. The highest BCUT2D eigenvalue weighted by Gasteiger charge is 2.22. The highest BCUT2D eigenvalue weighted by Crippen LogP contribution is 2.30. The lowest BCUT2D eigenvalue weighted by Gasteiger charge is -2.37. The molecule has 0 radical (unpaired) electrons. The zero-order chi connectivity index (χ0) is 14.5. The summed E-state index contributed by atoms with van der Waals surface area (Å²) in [6, 6.07) is 6.04. The van der Waals surface area contributed by atoms with Crippen LogP contribution in [0.5, 0.6) is 0 Å². The van der Waals surface area contributed by atoms with Crippen LogP contribution in [-0.4, -0.2) is 43.5 Å². The van der Waals surface area contributed by atoms with E-state index in [0.717, 1.165) is 50.0 Å². The molecule has 1 aliphatic heterocycles. The van der Waals surface area contributed by atoms with Crippen LogP contribution in [0.25, 0.3) is 0 Å². The Morgan fingerprint density at radius 2 is 2.00 bits per heavy atom. The van der Waals surface area contributed by atoms with Crippen LogP contribution in [0, 0.1) is 0 Å². The summed E-state index contributed by atoms with van der Waals surface area (Å²) in [5.74, 6) is 0.150. The van der Waals surface area contributed by atoms with E-state index >= 15 is 0 Å². The van der Waals surface area contributed by atoms with Crippen LogP contribution in [-0.2, 0) is 11.3 Å². The molecule has 0 atom stereocenters. The fourth-order valence-corrected chi connectivity index (χ4v) is 2.88. The van der Waals surface area contributed by atoms with Gasteiger partial charge in [0.2, 0.25) is 5.91 Å². The van der Waals surface area contributed by atoms with Gasteiger partial charge in [-0.15, -0.1) is 0 Å². The van der Waals surface area contributed by atoms with Crippen molar-refractivity contribution in [2.75, 3.05) is 37.6 Å². The van der Waals surface area contributed by atoms with E-state index in [1.165, 1.54) is 5.56 Å². The number of benzene rings is 1. The van der Waals surface area contributed by atoms with Crippen LogP contribution in [0.3, 0.4) is 0 Å². The van der Waals surface area contributed by atoms with E-state index in [2.05, 4.69) is 23.2 Å². The maximum atomic E-state index is 11.4. The number of halogens is 1. The van der Waals surface area contributed by atoms with E-state index in [1.807, 2.05) is 17.0 Å². The van der Waals surface area contributed by atoms with Crippen molar-refractivity contribution < 1.29 is 4.79 Å².